The lowest BCUT2D eigenvalue weighted by Crippen LogP contribution is -2.68. The quantitative estimate of drug-likeness (QED) is 0.419. The molecular weight excluding hydrogens is 501 g/mol. The molecule has 3 saturated carbocycles. The number of rotatable bonds is 5. The Labute approximate surface area is 213 Å². The maximum Gasteiger partial charge on any atom is 0.313 e. The second-order valence-electron chi connectivity index (χ2n) is 11.2. The highest BCUT2D eigenvalue weighted by Gasteiger charge is 2.76. The largest absolute Gasteiger partial charge is 0.464 e. The maximum absolute atomic E-state index is 17.3. The SMILES string of the molecule is CCC(=O)O[C@@]1(C)C[C@H]2[C@@H]3C[C@H](F)C4=C(F)C(=O)C=C[C@]4(C)[C@@]3(F)[C@@H](O)C[C@]2(C)[C@H]1C(=O)OCCCl. The summed E-state index contributed by atoms with van der Waals surface area (Å²) in [6.07, 6.45) is -2.35. The number of aliphatic hydroxyl groups excluding tert-OH is 1. The van der Waals surface area contributed by atoms with E-state index in [-0.39, 0.29) is 31.7 Å². The number of fused-ring (bicyclic) bond motifs is 5. The van der Waals surface area contributed by atoms with Crippen LogP contribution in [0.3, 0.4) is 0 Å². The zero-order valence-corrected chi connectivity index (χ0v) is 21.5. The minimum absolute atomic E-state index is 0.0198. The molecule has 36 heavy (non-hydrogen) atoms. The Morgan fingerprint density at radius 2 is 1.89 bits per heavy atom. The van der Waals surface area contributed by atoms with E-state index in [1.165, 1.54) is 6.92 Å². The van der Waals surface area contributed by atoms with Gasteiger partial charge in [-0.3, -0.25) is 14.4 Å². The van der Waals surface area contributed by atoms with Crippen LogP contribution in [-0.4, -0.2) is 58.9 Å². The van der Waals surface area contributed by atoms with E-state index in [9.17, 15) is 23.9 Å². The summed E-state index contributed by atoms with van der Waals surface area (Å²) in [6.45, 7) is 6.07. The molecule has 10 heteroatoms. The third-order valence-corrected chi connectivity index (χ3v) is 9.38. The Bertz CT molecular complexity index is 1050. The fraction of sp³-hybridized carbons (Fsp3) is 0.731. The van der Waals surface area contributed by atoms with Crippen LogP contribution in [0.4, 0.5) is 13.2 Å². The number of carbonyl (C=O) groups is 3. The lowest BCUT2D eigenvalue weighted by molar-refractivity contribution is -0.207. The van der Waals surface area contributed by atoms with Crippen LogP contribution in [-0.2, 0) is 23.9 Å². The number of hydrogen-bond donors (Lipinski definition) is 1. The predicted octanol–water partition coefficient (Wildman–Crippen LogP) is 4.32. The molecule has 0 unspecified atom stereocenters. The normalized spacial score (nSPS) is 45.6. The van der Waals surface area contributed by atoms with Crippen LogP contribution >= 0.6 is 11.6 Å². The van der Waals surface area contributed by atoms with Gasteiger partial charge in [0.25, 0.3) is 0 Å². The zero-order chi connectivity index (χ0) is 26.8. The minimum atomic E-state index is -2.53. The Morgan fingerprint density at radius 1 is 1.22 bits per heavy atom. The number of esters is 2. The van der Waals surface area contributed by atoms with Gasteiger partial charge in [-0.1, -0.05) is 19.9 Å². The van der Waals surface area contributed by atoms with E-state index in [1.54, 1.807) is 20.8 Å². The van der Waals surface area contributed by atoms with Gasteiger partial charge in [-0.2, -0.15) is 0 Å². The molecule has 0 bridgehead atoms. The average molecular weight is 533 g/mol. The van der Waals surface area contributed by atoms with E-state index in [0.717, 1.165) is 12.2 Å². The van der Waals surface area contributed by atoms with Gasteiger partial charge in [0.15, 0.2) is 11.5 Å². The first kappa shape index (κ1) is 27.2. The van der Waals surface area contributed by atoms with Crippen molar-refractivity contribution in [2.45, 2.75) is 76.9 Å². The van der Waals surface area contributed by atoms with Crippen LogP contribution in [0.5, 0.6) is 0 Å². The third-order valence-electron chi connectivity index (χ3n) is 9.23. The molecule has 0 amide bonds. The fourth-order valence-electron chi connectivity index (χ4n) is 7.82. The summed E-state index contributed by atoms with van der Waals surface area (Å²) in [4.78, 5) is 37.6. The van der Waals surface area contributed by atoms with Crippen molar-refractivity contribution in [2.24, 2.45) is 28.6 Å². The van der Waals surface area contributed by atoms with Gasteiger partial charge < -0.3 is 14.6 Å². The van der Waals surface area contributed by atoms with Crippen molar-refractivity contribution >= 4 is 29.3 Å². The van der Waals surface area contributed by atoms with Crippen LogP contribution in [0.25, 0.3) is 0 Å². The second-order valence-corrected chi connectivity index (χ2v) is 11.5. The number of carbonyl (C=O) groups excluding carboxylic acids is 3. The van der Waals surface area contributed by atoms with Gasteiger partial charge in [0, 0.05) is 23.3 Å². The van der Waals surface area contributed by atoms with Gasteiger partial charge in [0.1, 0.15) is 24.3 Å². The summed E-state index contributed by atoms with van der Waals surface area (Å²) >= 11 is 5.69. The van der Waals surface area contributed by atoms with Gasteiger partial charge in [0.05, 0.1) is 12.0 Å². The average Bonchev–Trinajstić information content (AvgIpc) is 3.03. The lowest BCUT2D eigenvalue weighted by Gasteiger charge is -2.62. The van der Waals surface area contributed by atoms with E-state index in [4.69, 9.17) is 21.1 Å². The number of halogens is 4. The molecule has 0 aliphatic heterocycles. The van der Waals surface area contributed by atoms with E-state index in [2.05, 4.69) is 0 Å². The molecule has 200 valence electrons. The fourth-order valence-corrected chi connectivity index (χ4v) is 7.90. The van der Waals surface area contributed by atoms with Crippen LogP contribution in [0.15, 0.2) is 23.6 Å². The number of allylic oxidation sites excluding steroid dienone is 4. The predicted molar refractivity (Wildman–Crippen MR) is 124 cm³/mol. The molecule has 3 fully saturated rings. The number of alkyl halides is 3. The number of aliphatic hydroxyl groups is 1. The molecule has 6 nitrogen and oxygen atoms in total. The van der Waals surface area contributed by atoms with E-state index in [1.807, 2.05) is 0 Å². The molecule has 4 rings (SSSR count). The Balaban J connectivity index is 1.85. The summed E-state index contributed by atoms with van der Waals surface area (Å²) in [5.74, 6) is -6.55. The van der Waals surface area contributed by atoms with Crippen molar-refractivity contribution in [3.05, 3.63) is 23.6 Å². The van der Waals surface area contributed by atoms with Gasteiger partial charge in [-0.25, -0.2) is 13.2 Å². The Kier molecular flexibility index (Phi) is 6.69. The van der Waals surface area contributed by atoms with E-state index >= 15 is 8.78 Å². The highest BCUT2D eigenvalue weighted by Crippen LogP contribution is 2.71. The molecule has 0 aromatic rings. The summed E-state index contributed by atoms with van der Waals surface area (Å²) in [7, 11) is 0. The molecule has 0 saturated heterocycles. The molecule has 0 aromatic carbocycles. The molecule has 4 aliphatic rings. The molecule has 0 radical (unpaired) electrons. The van der Waals surface area contributed by atoms with Crippen molar-refractivity contribution in [2.75, 3.05) is 12.5 Å². The van der Waals surface area contributed by atoms with Crippen molar-refractivity contribution in [3.63, 3.8) is 0 Å². The summed E-state index contributed by atoms with van der Waals surface area (Å²) in [6, 6.07) is 0. The molecule has 9 atom stereocenters. The van der Waals surface area contributed by atoms with Crippen molar-refractivity contribution in [1.82, 2.24) is 0 Å². The van der Waals surface area contributed by atoms with Crippen LogP contribution < -0.4 is 0 Å². The third kappa shape index (κ3) is 3.51. The van der Waals surface area contributed by atoms with Crippen molar-refractivity contribution < 1.29 is 42.1 Å². The topological polar surface area (TPSA) is 89.9 Å². The molecule has 0 spiro atoms. The lowest BCUT2D eigenvalue weighted by atomic mass is 9.45. The summed E-state index contributed by atoms with van der Waals surface area (Å²) in [5, 5.41) is 11.4. The highest BCUT2D eigenvalue weighted by molar-refractivity contribution is 6.18. The number of ether oxygens (including phenoxy) is 2. The van der Waals surface area contributed by atoms with E-state index in [0.29, 0.717) is 0 Å². The monoisotopic (exact) mass is 532 g/mol. The second kappa shape index (κ2) is 8.86. The Hall–Kier alpha value is -1.87. The number of ketones is 1. The Morgan fingerprint density at radius 3 is 2.50 bits per heavy atom. The van der Waals surface area contributed by atoms with Crippen molar-refractivity contribution in [3.8, 4) is 0 Å². The van der Waals surface area contributed by atoms with Crippen LogP contribution in [0, 0.1) is 28.6 Å². The van der Waals surface area contributed by atoms with Crippen LogP contribution in [0.1, 0.15) is 53.4 Å². The van der Waals surface area contributed by atoms with Gasteiger partial charge >= 0.3 is 11.9 Å². The van der Waals surface area contributed by atoms with Crippen molar-refractivity contribution in [1.29, 1.82) is 0 Å². The van der Waals surface area contributed by atoms with E-state index < -0.39 is 87.7 Å². The zero-order valence-electron chi connectivity index (χ0n) is 20.8. The highest BCUT2D eigenvalue weighted by atomic mass is 35.5. The first-order valence-electron chi connectivity index (χ1n) is 12.3. The first-order chi connectivity index (χ1) is 16.7. The molecule has 0 heterocycles. The maximum atomic E-state index is 17.3. The summed E-state index contributed by atoms with van der Waals surface area (Å²) in [5.41, 5.74) is -7.58. The van der Waals surface area contributed by atoms with Crippen LogP contribution in [0.2, 0.25) is 0 Å². The number of hydrogen-bond acceptors (Lipinski definition) is 6. The first-order valence-corrected chi connectivity index (χ1v) is 12.8. The molecular formula is C26H32ClF3O6. The van der Waals surface area contributed by atoms with Gasteiger partial charge in [-0.05, 0) is 50.5 Å². The standard InChI is InChI=1S/C26H32ClF3O6/c1-5-18(33)36-25(4)11-14-13-10-15(28)19-20(29)16(31)6-7-24(19,3)26(13,30)17(32)12-23(14,2)21(25)22(34)35-9-8-27/h6-7,13-15,17,21,32H,5,8-12H2,1-4H3/t13-,14-,15-,17-,21+,23-,24-,25-,26-/m0/s1. The minimum Gasteiger partial charge on any atom is -0.464 e. The van der Waals surface area contributed by atoms with Gasteiger partial charge in [-0.15, -0.1) is 11.6 Å². The smallest absolute Gasteiger partial charge is 0.313 e. The molecule has 1 N–H and O–H groups in total. The summed E-state index contributed by atoms with van der Waals surface area (Å²) < 4.78 is 58.8. The molecule has 4 aliphatic carbocycles. The van der Waals surface area contributed by atoms with Gasteiger partial charge in [0.2, 0.25) is 5.78 Å². The molecule has 0 aromatic heterocycles.